The molecular weight excluding hydrogens is 419 g/mol. The molecule has 0 fully saturated rings. The van der Waals surface area contributed by atoms with Crippen LogP contribution in [-0.2, 0) is 29.0 Å². The maximum absolute atomic E-state index is 13.7. The summed E-state index contributed by atoms with van der Waals surface area (Å²) in [5.41, 5.74) is 0.949. The molecule has 0 saturated heterocycles. The van der Waals surface area contributed by atoms with Crippen LogP contribution in [-0.4, -0.2) is 39.3 Å². The molecule has 2 aromatic carbocycles. The van der Waals surface area contributed by atoms with E-state index in [4.69, 9.17) is 4.74 Å². The van der Waals surface area contributed by atoms with Crippen LogP contribution in [0.3, 0.4) is 0 Å². The number of thioether (sulfide) groups is 1. The topological polar surface area (TPSA) is 86.1 Å². The number of carbonyl (C=O) groups excluding carboxylic acids is 2. The first-order chi connectivity index (χ1) is 15.0. The maximum Gasteiger partial charge on any atom is 0.232 e. The highest BCUT2D eigenvalue weighted by molar-refractivity contribution is 7.99. The number of ketones is 1. The van der Waals surface area contributed by atoms with Crippen molar-refractivity contribution in [3.05, 3.63) is 65.7 Å². The van der Waals surface area contributed by atoms with Crippen LogP contribution in [0.15, 0.2) is 53.7 Å². The Balaban J connectivity index is 1.60. The van der Waals surface area contributed by atoms with Gasteiger partial charge in [-0.25, -0.2) is 4.39 Å². The van der Waals surface area contributed by atoms with Crippen LogP contribution in [0.5, 0.6) is 5.75 Å². The molecule has 3 rings (SSSR count). The number of para-hydroxylation sites is 2. The molecule has 0 atom stereocenters. The summed E-state index contributed by atoms with van der Waals surface area (Å²) in [4.78, 5) is 24.7. The average Bonchev–Trinajstić information content (AvgIpc) is 3.15. The van der Waals surface area contributed by atoms with Crippen molar-refractivity contribution in [2.24, 2.45) is 0 Å². The quantitative estimate of drug-likeness (QED) is 0.484. The Kier molecular flexibility index (Phi) is 7.77. The van der Waals surface area contributed by atoms with Crippen molar-refractivity contribution in [3.63, 3.8) is 0 Å². The second-order valence-electron chi connectivity index (χ2n) is 6.66. The number of ether oxygens (including phenoxy) is 1. The monoisotopic (exact) mass is 442 g/mol. The molecule has 1 aromatic heterocycles. The SMILES string of the molecule is CCn1c(CC(=O)Nc2ccccc2OC)nnc1SCC(=O)Cc1ccccc1F. The van der Waals surface area contributed by atoms with Crippen LogP contribution in [0.4, 0.5) is 10.1 Å². The first-order valence-corrected chi connectivity index (χ1v) is 10.7. The van der Waals surface area contributed by atoms with Crippen molar-refractivity contribution in [2.75, 3.05) is 18.2 Å². The lowest BCUT2D eigenvalue weighted by molar-refractivity contribution is -0.116. The number of rotatable bonds is 10. The van der Waals surface area contributed by atoms with Crippen molar-refractivity contribution >= 4 is 29.1 Å². The second kappa shape index (κ2) is 10.7. The fourth-order valence-corrected chi connectivity index (χ4v) is 3.89. The summed E-state index contributed by atoms with van der Waals surface area (Å²) in [6.07, 6.45) is 0.0523. The Morgan fingerprint density at radius 3 is 2.58 bits per heavy atom. The van der Waals surface area contributed by atoms with Crippen molar-refractivity contribution in [1.29, 1.82) is 0 Å². The van der Waals surface area contributed by atoms with E-state index in [2.05, 4.69) is 15.5 Å². The number of nitrogens with zero attached hydrogens (tertiary/aromatic N) is 3. The zero-order chi connectivity index (χ0) is 22.2. The number of hydrogen-bond donors (Lipinski definition) is 1. The van der Waals surface area contributed by atoms with Crippen molar-refractivity contribution in [3.8, 4) is 5.75 Å². The van der Waals surface area contributed by atoms with Gasteiger partial charge in [0.05, 0.1) is 25.0 Å². The third-order valence-electron chi connectivity index (χ3n) is 4.52. The highest BCUT2D eigenvalue weighted by atomic mass is 32.2. The Hall–Kier alpha value is -3.20. The van der Waals surface area contributed by atoms with Gasteiger partial charge in [0, 0.05) is 13.0 Å². The van der Waals surface area contributed by atoms with Gasteiger partial charge in [0.2, 0.25) is 5.91 Å². The molecule has 0 saturated carbocycles. The molecule has 1 amide bonds. The third kappa shape index (κ3) is 5.91. The zero-order valence-electron chi connectivity index (χ0n) is 17.3. The van der Waals surface area contributed by atoms with Gasteiger partial charge < -0.3 is 14.6 Å². The predicted molar refractivity (Wildman–Crippen MR) is 117 cm³/mol. The molecule has 7 nitrogen and oxygen atoms in total. The van der Waals surface area contributed by atoms with Gasteiger partial charge in [-0.1, -0.05) is 42.1 Å². The van der Waals surface area contributed by atoms with Gasteiger partial charge in [-0.2, -0.15) is 0 Å². The van der Waals surface area contributed by atoms with E-state index in [-0.39, 0.29) is 36.1 Å². The van der Waals surface area contributed by atoms with Crippen molar-refractivity contribution < 1.29 is 18.7 Å². The van der Waals surface area contributed by atoms with Crippen molar-refractivity contribution in [2.45, 2.75) is 31.5 Å². The summed E-state index contributed by atoms with van der Waals surface area (Å²) < 4.78 is 20.8. The number of aromatic nitrogens is 3. The largest absolute Gasteiger partial charge is 0.495 e. The van der Waals surface area contributed by atoms with E-state index in [9.17, 15) is 14.0 Å². The minimum absolute atomic E-state index is 0.0219. The molecule has 0 radical (unpaired) electrons. The standard InChI is InChI=1S/C22H23FN4O3S/c1-3-27-20(13-21(29)24-18-10-6-7-11-19(18)30-2)25-26-22(27)31-14-16(28)12-15-8-4-5-9-17(15)23/h4-11H,3,12-14H2,1-2H3,(H,24,29). The zero-order valence-corrected chi connectivity index (χ0v) is 18.1. The molecule has 0 aliphatic carbocycles. The number of amides is 1. The minimum atomic E-state index is -0.388. The summed E-state index contributed by atoms with van der Waals surface area (Å²) in [7, 11) is 1.54. The summed E-state index contributed by atoms with van der Waals surface area (Å²) in [6.45, 7) is 2.46. The predicted octanol–water partition coefficient (Wildman–Crippen LogP) is 3.53. The van der Waals surface area contributed by atoms with E-state index in [1.165, 1.54) is 24.9 Å². The second-order valence-corrected chi connectivity index (χ2v) is 7.61. The summed E-state index contributed by atoms with van der Waals surface area (Å²) in [5.74, 6) is 0.451. The molecule has 0 bridgehead atoms. The molecule has 31 heavy (non-hydrogen) atoms. The smallest absolute Gasteiger partial charge is 0.232 e. The third-order valence-corrected chi connectivity index (χ3v) is 5.54. The fraction of sp³-hybridized carbons (Fsp3) is 0.273. The maximum atomic E-state index is 13.7. The first kappa shape index (κ1) is 22.5. The molecule has 0 aliphatic rings. The van der Waals surface area contributed by atoms with Gasteiger partial charge in [-0.05, 0) is 30.7 Å². The van der Waals surface area contributed by atoms with Crippen molar-refractivity contribution in [1.82, 2.24) is 14.8 Å². The Morgan fingerprint density at radius 2 is 1.84 bits per heavy atom. The lowest BCUT2D eigenvalue weighted by Gasteiger charge is -2.10. The molecule has 0 aliphatic heterocycles. The Bertz CT molecular complexity index is 1070. The van der Waals surface area contributed by atoms with Crippen LogP contribution in [0, 0.1) is 5.82 Å². The van der Waals surface area contributed by atoms with Crippen LogP contribution in [0.25, 0.3) is 0 Å². The van der Waals surface area contributed by atoms with Crippen LogP contribution in [0.1, 0.15) is 18.3 Å². The first-order valence-electron chi connectivity index (χ1n) is 9.74. The number of benzene rings is 2. The van der Waals surface area contributed by atoms with Gasteiger partial charge in [0.1, 0.15) is 23.2 Å². The highest BCUT2D eigenvalue weighted by Crippen LogP contribution is 2.23. The molecule has 9 heteroatoms. The molecule has 3 aromatic rings. The summed E-state index contributed by atoms with van der Waals surface area (Å²) in [6, 6.07) is 13.4. The van der Waals surface area contributed by atoms with Gasteiger partial charge in [-0.15, -0.1) is 10.2 Å². The molecule has 1 N–H and O–H groups in total. The average molecular weight is 443 g/mol. The number of methoxy groups -OCH3 is 1. The number of carbonyl (C=O) groups is 2. The Morgan fingerprint density at radius 1 is 1.10 bits per heavy atom. The molecule has 1 heterocycles. The Labute approximate surface area is 184 Å². The number of anilines is 1. The summed E-state index contributed by atoms with van der Waals surface area (Å²) >= 11 is 1.23. The molecular formula is C22H23FN4O3S. The van der Waals surface area contributed by atoms with E-state index in [1.807, 2.05) is 13.0 Å². The lowest BCUT2D eigenvalue weighted by Crippen LogP contribution is -2.18. The van der Waals surface area contributed by atoms with Crippen LogP contribution in [0.2, 0.25) is 0 Å². The lowest BCUT2D eigenvalue weighted by atomic mass is 10.1. The van der Waals surface area contributed by atoms with Crippen LogP contribution < -0.4 is 10.1 Å². The number of halogens is 1. The highest BCUT2D eigenvalue weighted by Gasteiger charge is 2.17. The molecule has 0 spiro atoms. The minimum Gasteiger partial charge on any atom is -0.495 e. The number of nitrogens with one attached hydrogen (secondary N) is 1. The fourth-order valence-electron chi connectivity index (χ4n) is 3.01. The van der Waals surface area contributed by atoms with Crippen LogP contribution >= 0.6 is 11.8 Å². The normalized spacial score (nSPS) is 10.7. The van der Waals surface area contributed by atoms with Gasteiger partial charge in [0.15, 0.2) is 5.16 Å². The van der Waals surface area contributed by atoms with E-state index in [0.717, 1.165) is 0 Å². The van der Waals surface area contributed by atoms with E-state index in [0.29, 0.717) is 34.5 Å². The van der Waals surface area contributed by atoms with E-state index < -0.39 is 0 Å². The number of Topliss-reactive ketones (excluding diaryl/α,β-unsaturated/α-hetero) is 1. The molecule has 162 valence electrons. The van der Waals surface area contributed by atoms with E-state index in [1.54, 1.807) is 41.0 Å². The van der Waals surface area contributed by atoms with Gasteiger partial charge in [-0.3, -0.25) is 9.59 Å². The van der Waals surface area contributed by atoms with Gasteiger partial charge in [0.25, 0.3) is 0 Å². The van der Waals surface area contributed by atoms with E-state index >= 15 is 0 Å². The summed E-state index contributed by atoms with van der Waals surface area (Å²) in [5, 5.41) is 11.6. The number of hydrogen-bond acceptors (Lipinski definition) is 6. The van der Waals surface area contributed by atoms with Gasteiger partial charge >= 0.3 is 0 Å². The molecule has 0 unspecified atom stereocenters.